The molecule has 0 bridgehead atoms. The van der Waals surface area contributed by atoms with E-state index in [-0.39, 0.29) is 5.95 Å². The van der Waals surface area contributed by atoms with Crippen LogP contribution < -0.4 is 5.73 Å². The van der Waals surface area contributed by atoms with E-state index in [1.807, 2.05) is 0 Å². The number of aliphatic carboxylic acids is 1. The normalized spacial score (nSPS) is 10.5. The minimum absolute atomic E-state index is 0.122. The number of carboxylic acids is 1. The third-order valence-electron chi connectivity index (χ3n) is 1.70. The van der Waals surface area contributed by atoms with E-state index in [4.69, 9.17) is 15.6 Å². The molecule has 1 aromatic heterocycles. The molecule has 0 spiro atoms. The summed E-state index contributed by atoms with van der Waals surface area (Å²) in [7, 11) is 0. The maximum absolute atomic E-state index is 10.6. The second-order valence-corrected chi connectivity index (χ2v) is 3.12. The lowest BCUT2D eigenvalue weighted by Crippen LogP contribution is -2.21. The van der Waals surface area contributed by atoms with Crippen molar-refractivity contribution in [1.82, 2.24) is 9.55 Å². The van der Waals surface area contributed by atoms with E-state index in [9.17, 15) is 23.3 Å². The smallest absolute Gasteiger partial charge is 0.475 e. The molecule has 0 unspecified atom stereocenters. The molecule has 1 rings (SSSR count). The van der Waals surface area contributed by atoms with Gasteiger partial charge in [-0.2, -0.15) is 13.2 Å². The summed E-state index contributed by atoms with van der Waals surface area (Å²) in [5, 5.41) is 17.5. The first kappa shape index (κ1) is 16.8. The number of nitro groups is 1. The summed E-state index contributed by atoms with van der Waals surface area (Å²) in [6.07, 6.45) is -1.38. The molecule has 8 nitrogen and oxygen atoms in total. The van der Waals surface area contributed by atoms with Gasteiger partial charge in [0.05, 0.1) is 6.54 Å². The van der Waals surface area contributed by atoms with Gasteiger partial charge in [-0.25, -0.2) is 9.36 Å². The molecule has 0 amide bonds. The Balaban J connectivity index is 0.000000399. The van der Waals surface area contributed by atoms with Crippen molar-refractivity contribution in [2.45, 2.75) is 19.1 Å². The van der Waals surface area contributed by atoms with Crippen LogP contribution in [-0.2, 0) is 11.3 Å². The van der Waals surface area contributed by atoms with Crippen molar-refractivity contribution in [1.29, 1.82) is 0 Å². The number of carboxylic acid groups (broad SMARTS) is 1. The van der Waals surface area contributed by atoms with Gasteiger partial charge in [0.25, 0.3) is 0 Å². The van der Waals surface area contributed by atoms with E-state index >= 15 is 0 Å². The average Bonchev–Trinajstić information content (AvgIpc) is 2.74. The molecular weight excluding hydrogens is 273 g/mol. The SMILES string of the molecule is NCCCn1ccnc1[N+](=O)[O-].O=C(O)C(F)(F)F. The fourth-order valence-electron chi connectivity index (χ4n) is 0.909. The molecule has 0 aromatic carbocycles. The van der Waals surface area contributed by atoms with Crippen molar-refractivity contribution in [3.8, 4) is 0 Å². The van der Waals surface area contributed by atoms with Crippen molar-refractivity contribution < 1.29 is 28.0 Å². The van der Waals surface area contributed by atoms with Gasteiger partial charge in [0.1, 0.15) is 12.4 Å². The number of imidazole rings is 1. The lowest BCUT2D eigenvalue weighted by Gasteiger charge is -1.98. The first-order valence-electron chi connectivity index (χ1n) is 4.85. The zero-order chi connectivity index (χ0) is 15.1. The molecule has 11 heteroatoms. The quantitative estimate of drug-likeness (QED) is 0.621. The highest BCUT2D eigenvalue weighted by Gasteiger charge is 2.38. The maximum Gasteiger partial charge on any atom is 0.490 e. The minimum atomic E-state index is -5.08. The number of hydrogen-bond acceptors (Lipinski definition) is 5. The number of aryl methyl sites for hydroxylation is 1. The number of alkyl halides is 3. The highest BCUT2D eigenvalue weighted by Crippen LogP contribution is 2.13. The second kappa shape index (κ2) is 7.31. The van der Waals surface area contributed by atoms with Gasteiger partial charge in [0.2, 0.25) is 0 Å². The number of halogens is 3. The van der Waals surface area contributed by atoms with E-state index in [2.05, 4.69) is 4.98 Å². The highest BCUT2D eigenvalue weighted by molar-refractivity contribution is 5.73. The number of rotatable bonds is 4. The standard InChI is InChI=1S/C6H10N4O2.C2HF3O2/c7-2-1-4-9-5-3-8-6(9)10(11)12;3-2(4,5)1(6)7/h3,5H,1-2,4,7H2;(H,6,7). The zero-order valence-electron chi connectivity index (χ0n) is 9.50. The molecule has 0 radical (unpaired) electrons. The highest BCUT2D eigenvalue weighted by atomic mass is 19.4. The van der Waals surface area contributed by atoms with Crippen LogP contribution in [0.25, 0.3) is 0 Å². The van der Waals surface area contributed by atoms with Crippen molar-refractivity contribution in [3.63, 3.8) is 0 Å². The third-order valence-corrected chi connectivity index (χ3v) is 1.70. The Morgan fingerprint density at radius 2 is 2.11 bits per heavy atom. The Labute approximate surface area is 104 Å². The molecular formula is C8H11F3N4O4. The summed E-state index contributed by atoms with van der Waals surface area (Å²) in [6.45, 7) is 1.07. The first-order chi connectivity index (χ1) is 8.70. The zero-order valence-corrected chi connectivity index (χ0v) is 9.50. The maximum atomic E-state index is 10.6. The largest absolute Gasteiger partial charge is 0.490 e. The summed E-state index contributed by atoms with van der Waals surface area (Å²) in [5.41, 5.74) is 5.27. The Morgan fingerprint density at radius 3 is 2.47 bits per heavy atom. The Morgan fingerprint density at radius 1 is 1.58 bits per heavy atom. The summed E-state index contributed by atoms with van der Waals surface area (Å²) in [6, 6.07) is 0. The van der Waals surface area contributed by atoms with Gasteiger partial charge in [-0.05, 0) is 17.9 Å². The molecule has 0 saturated carbocycles. The average molecular weight is 284 g/mol. The van der Waals surface area contributed by atoms with Gasteiger partial charge >= 0.3 is 18.1 Å². The molecule has 0 fully saturated rings. The van der Waals surface area contributed by atoms with Crippen LogP contribution in [0.3, 0.4) is 0 Å². The van der Waals surface area contributed by atoms with Gasteiger partial charge in [-0.15, -0.1) is 0 Å². The van der Waals surface area contributed by atoms with E-state index < -0.39 is 17.1 Å². The van der Waals surface area contributed by atoms with Gasteiger partial charge in [0, 0.05) is 0 Å². The fourth-order valence-corrected chi connectivity index (χ4v) is 0.909. The predicted octanol–water partition coefficient (Wildman–Crippen LogP) is 0.773. The topological polar surface area (TPSA) is 124 Å². The Hall–Kier alpha value is -2.17. The van der Waals surface area contributed by atoms with Crippen molar-refractivity contribution in [2.75, 3.05) is 6.54 Å². The molecule has 0 aliphatic heterocycles. The monoisotopic (exact) mass is 284 g/mol. The number of hydrogen-bond donors (Lipinski definition) is 2. The molecule has 0 saturated heterocycles. The first-order valence-corrected chi connectivity index (χ1v) is 4.85. The molecule has 3 N–H and O–H groups in total. The van der Waals surface area contributed by atoms with E-state index in [1.165, 1.54) is 10.8 Å². The van der Waals surface area contributed by atoms with E-state index in [0.29, 0.717) is 13.1 Å². The van der Waals surface area contributed by atoms with Crippen LogP contribution in [0.1, 0.15) is 6.42 Å². The molecule has 1 heterocycles. The van der Waals surface area contributed by atoms with Crippen LogP contribution in [0.4, 0.5) is 19.1 Å². The fraction of sp³-hybridized carbons (Fsp3) is 0.500. The van der Waals surface area contributed by atoms with Crippen LogP contribution >= 0.6 is 0 Å². The van der Waals surface area contributed by atoms with E-state index in [0.717, 1.165) is 6.42 Å². The predicted molar refractivity (Wildman–Crippen MR) is 56.2 cm³/mol. The lowest BCUT2D eigenvalue weighted by atomic mass is 10.4. The lowest BCUT2D eigenvalue weighted by molar-refractivity contribution is -0.396. The van der Waals surface area contributed by atoms with Gasteiger partial charge in [-0.3, -0.25) is 0 Å². The minimum Gasteiger partial charge on any atom is -0.475 e. The van der Waals surface area contributed by atoms with Gasteiger partial charge in [-0.1, -0.05) is 4.98 Å². The molecule has 0 aliphatic carbocycles. The van der Waals surface area contributed by atoms with Crippen LogP contribution in [-0.4, -0.2) is 38.3 Å². The molecule has 0 atom stereocenters. The van der Waals surface area contributed by atoms with Crippen molar-refractivity contribution in [3.05, 3.63) is 22.5 Å². The van der Waals surface area contributed by atoms with Gasteiger partial charge < -0.3 is 21.0 Å². The van der Waals surface area contributed by atoms with E-state index in [1.54, 1.807) is 6.20 Å². The Kier molecular flexibility index (Phi) is 6.47. The van der Waals surface area contributed by atoms with Crippen molar-refractivity contribution >= 4 is 11.9 Å². The van der Waals surface area contributed by atoms with Crippen LogP contribution in [0.2, 0.25) is 0 Å². The number of carbonyl (C=O) groups is 1. The molecule has 1 aromatic rings. The van der Waals surface area contributed by atoms with Crippen LogP contribution in [0.15, 0.2) is 12.4 Å². The molecule has 19 heavy (non-hydrogen) atoms. The summed E-state index contributed by atoms with van der Waals surface area (Å²) < 4.78 is 33.2. The number of aromatic nitrogens is 2. The van der Waals surface area contributed by atoms with Crippen molar-refractivity contribution in [2.24, 2.45) is 5.73 Å². The van der Waals surface area contributed by atoms with Gasteiger partial charge in [0.15, 0.2) is 0 Å². The molecule has 108 valence electrons. The Bertz CT molecular complexity index is 432. The number of nitrogens with zero attached hydrogens (tertiary/aromatic N) is 3. The molecule has 0 aliphatic rings. The summed E-state index contributed by atoms with van der Waals surface area (Å²) >= 11 is 0. The summed E-state index contributed by atoms with van der Waals surface area (Å²) in [5.74, 6) is -2.88. The number of nitrogens with two attached hydrogens (primary N) is 1. The summed E-state index contributed by atoms with van der Waals surface area (Å²) in [4.78, 5) is 22.3. The van der Waals surface area contributed by atoms with Crippen LogP contribution in [0, 0.1) is 10.1 Å². The second-order valence-electron chi connectivity index (χ2n) is 3.12. The van der Waals surface area contributed by atoms with Crippen LogP contribution in [0.5, 0.6) is 0 Å². The third kappa shape index (κ3) is 6.35.